The Balaban J connectivity index is 2.29. The largest absolute Gasteiger partial charge is 0.628 e. The quantitative estimate of drug-likeness (QED) is 0.845. The summed E-state index contributed by atoms with van der Waals surface area (Å²) in [6.45, 7) is 10.3. The van der Waals surface area contributed by atoms with Gasteiger partial charge in [-0.2, -0.15) is 0 Å². The Hall–Kier alpha value is -1.64. The molecular weight excluding hydrogens is 246 g/mol. The van der Waals surface area contributed by atoms with Gasteiger partial charge in [0.05, 0.1) is 0 Å². The number of hydroxylamine groups is 1. The van der Waals surface area contributed by atoms with Gasteiger partial charge in [-0.25, -0.2) is 0 Å². The summed E-state index contributed by atoms with van der Waals surface area (Å²) < 4.78 is 0. The summed E-state index contributed by atoms with van der Waals surface area (Å²) in [7, 11) is 0. The van der Waals surface area contributed by atoms with E-state index in [-0.39, 0.29) is 11.1 Å². The van der Waals surface area contributed by atoms with Crippen molar-refractivity contribution in [2.24, 2.45) is 0 Å². The molecule has 0 saturated carbocycles. The van der Waals surface area contributed by atoms with Crippen LogP contribution < -0.4 is 5.06 Å². The van der Waals surface area contributed by atoms with Crippen LogP contribution in [-0.2, 0) is 0 Å². The molecule has 2 rings (SSSR count). The van der Waals surface area contributed by atoms with Gasteiger partial charge in [0.1, 0.15) is 11.7 Å². The van der Waals surface area contributed by atoms with Crippen LogP contribution in [0.25, 0.3) is 0 Å². The van der Waals surface area contributed by atoms with Gasteiger partial charge in [-0.3, -0.25) is 0 Å². The van der Waals surface area contributed by atoms with E-state index in [1.54, 1.807) is 0 Å². The van der Waals surface area contributed by atoms with E-state index in [1.807, 2.05) is 32.0 Å². The SMILES string of the molecule is Cc1ccc(C(C)[NH+]([O-])c2ccc(C)c(C)c2)cc1C. The molecule has 106 valence electrons. The van der Waals surface area contributed by atoms with E-state index < -0.39 is 0 Å². The predicted molar refractivity (Wildman–Crippen MR) is 84.2 cm³/mol. The van der Waals surface area contributed by atoms with Gasteiger partial charge >= 0.3 is 0 Å². The Morgan fingerprint density at radius 1 is 0.800 bits per heavy atom. The van der Waals surface area contributed by atoms with E-state index in [4.69, 9.17) is 0 Å². The van der Waals surface area contributed by atoms with Crippen molar-refractivity contribution in [2.45, 2.75) is 40.7 Å². The molecule has 2 unspecified atom stereocenters. The molecule has 0 aromatic heterocycles. The fourth-order valence-electron chi connectivity index (χ4n) is 2.33. The average Bonchev–Trinajstić information content (AvgIpc) is 2.43. The normalized spacial score (nSPS) is 14.1. The Kier molecular flexibility index (Phi) is 4.26. The van der Waals surface area contributed by atoms with Crippen molar-refractivity contribution >= 4 is 5.69 Å². The molecule has 2 aromatic rings. The maximum atomic E-state index is 12.6. The van der Waals surface area contributed by atoms with Gasteiger partial charge in [0.25, 0.3) is 0 Å². The minimum Gasteiger partial charge on any atom is -0.628 e. The summed E-state index contributed by atoms with van der Waals surface area (Å²) in [4.78, 5) is 0. The molecule has 20 heavy (non-hydrogen) atoms. The number of benzene rings is 2. The molecule has 0 saturated heterocycles. The van der Waals surface area contributed by atoms with Crippen molar-refractivity contribution in [1.82, 2.24) is 0 Å². The molecule has 0 amide bonds. The van der Waals surface area contributed by atoms with Gasteiger partial charge < -0.3 is 10.3 Å². The lowest BCUT2D eigenvalue weighted by Gasteiger charge is -2.29. The second-order valence-corrected chi connectivity index (χ2v) is 5.73. The van der Waals surface area contributed by atoms with Gasteiger partial charge in [-0.05, 0) is 69.0 Å². The summed E-state index contributed by atoms with van der Waals surface area (Å²) in [5, 5.41) is 12.8. The van der Waals surface area contributed by atoms with Gasteiger partial charge in [-0.15, -0.1) is 0 Å². The number of rotatable bonds is 3. The molecule has 2 nitrogen and oxygen atoms in total. The zero-order valence-corrected chi connectivity index (χ0v) is 12.9. The van der Waals surface area contributed by atoms with Gasteiger partial charge in [0, 0.05) is 11.6 Å². The smallest absolute Gasteiger partial charge is 0.131 e. The van der Waals surface area contributed by atoms with E-state index in [2.05, 4.69) is 39.0 Å². The van der Waals surface area contributed by atoms with Gasteiger partial charge in [0.15, 0.2) is 0 Å². The van der Waals surface area contributed by atoms with Gasteiger partial charge in [0.2, 0.25) is 0 Å². The zero-order valence-electron chi connectivity index (χ0n) is 12.9. The lowest BCUT2D eigenvalue weighted by molar-refractivity contribution is -0.811. The summed E-state index contributed by atoms with van der Waals surface area (Å²) in [5.74, 6) is 0. The number of nitrogens with one attached hydrogen (secondary N) is 1. The van der Waals surface area contributed by atoms with Crippen LogP contribution in [0.4, 0.5) is 5.69 Å². The van der Waals surface area contributed by atoms with Crippen molar-refractivity contribution in [1.29, 1.82) is 0 Å². The molecular formula is C18H23NO. The maximum absolute atomic E-state index is 12.6. The van der Waals surface area contributed by atoms with Crippen LogP contribution in [0.15, 0.2) is 36.4 Å². The third-order valence-corrected chi connectivity index (χ3v) is 4.22. The third kappa shape index (κ3) is 2.92. The van der Waals surface area contributed by atoms with Gasteiger partial charge in [-0.1, -0.05) is 18.2 Å². The number of aryl methyl sites for hydroxylation is 4. The first-order valence-electron chi connectivity index (χ1n) is 7.08. The molecule has 0 aliphatic rings. The number of hydrogen-bond donors (Lipinski definition) is 1. The van der Waals surface area contributed by atoms with Crippen molar-refractivity contribution in [3.05, 3.63) is 69.4 Å². The van der Waals surface area contributed by atoms with Crippen LogP contribution in [0.1, 0.15) is 40.8 Å². The minimum absolute atomic E-state index is 0.101. The highest BCUT2D eigenvalue weighted by Crippen LogP contribution is 2.17. The molecule has 2 heteroatoms. The Morgan fingerprint density at radius 2 is 1.35 bits per heavy atom. The standard InChI is InChI=1S/C18H23NO/c1-12-6-8-17(10-14(12)3)16(5)19(20)18-9-7-13(2)15(4)11-18/h6-11,16,19H,1-5H3. The Labute approximate surface area is 121 Å². The first-order valence-corrected chi connectivity index (χ1v) is 7.08. The van der Waals surface area contributed by atoms with Crippen LogP contribution in [-0.4, -0.2) is 0 Å². The highest BCUT2D eigenvalue weighted by atomic mass is 16.5. The topological polar surface area (TPSA) is 27.5 Å². The third-order valence-electron chi connectivity index (χ3n) is 4.22. The zero-order chi connectivity index (χ0) is 14.9. The summed E-state index contributed by atoms with van der Waals surface area (Å²) >= 11 is 0. The molecule has 0 aliphatic carbocycles. The highest BCUT2D eigenvalue weighted by molar-refractivity contribution is 5.39. The molecule has 2 atom stereocenters. The minimum atomic E-state index is -0.101. The lowest BCUT2D eigenvalue weighted by atomic mass is 10.0. The van der Waals surface area contributed by atoms with Crippen molar-refractivity contribution in [3.8, 4) is 0 Å². The van der Waals surface area contributed by atoms with Crippen LogP contribution in [0.3, 0.4) is 0 Å². The molecule has 0 radical (unpaired) electrons. The van der Waals surface area contributed by atoms with Crippen molar-refractivity contribution < 1.29 is 5.06 Å². The van der Waals surface area contributed by atoms with Crippen LogP contribution >= 0.6 is 0 Å². The second kappa shape index (κ2) is 5.78. The van der Waals surface area contributed by atoms with Crippen molar-refractivity contribution in [3.63, 3.8) is 0 Å². The van der Waals surface area contributed by atoms with E-state index >= 15 is 0 Å². The molecule has 0 aliphatic heterocycles. The van der Waals surface area contributed by atoms with E-state index in [0.29, 0.717) is 0 Å². The molecule has 0 spiro atoms. The summed E-state index contributed by atoms with van der Waals surface area (Å²) in [6, 6.07) is 12.1. The lowest BCUT2D eigenvalue weighted by Crippen LogP contribution is -3.02. The monoisotopic (exact) mass is 269 g/mol. The fraction of sp³-hybridized carbons (Fsp3) is 0.333. The number of quaternary nitrogens is 1. The second-order valence-electron chi connectivity index (χ2n) is 5.73. The van der Waals surface area contributed by atoms with Crippen LogP contribution in [0.2, 0.25) is 0 Å². The Morgan fingerprint density at radius 3 is 1.90 bits per heavy atom. The highest BCUT2D eigenvalue weighted by Gasteiger charge is 2.15. The molecule has 1 N–H and O–H groups in total. The van der Waals surface area contributed by atoms with Crippen LogP contribution in [0, 0.1) is 32.9 Å². The average molecular weight is 269 g/mol. The summed E-state index contributed by atoms with van der Waals surface area (Å²) in [6.07, 6.45) is 0. The van der Waals surface area contributed by atoms with E-state index in [9.17, 15) is 5.21 Å². The Bertz CT molecular complexity index is 563. The molecule has 0 fully saturated rings. The maximum Gasteiger partial charge on any atom is 0.131 e. The summed E-state index contributed by atoms with van der Waals surface area (Å²) in [5.41, 5.74) is 6.79. The first-order chi connectivity index (χ1) is 9.40. The van der Waals surface area contributed by atoms with E-state index in [0.717, 1.165) is 11.3 Å². The predicted octanol–water partition coefficient (Wildman–Crippen LogP) is 3.70. The number of hydrogen-bond acceptors (Lipinski definition) is 1. The fourth-order valence-corrected chi connectivity index (χ4v) is 2.33. The van der Waals surface area contributed by atoms with Crippen molar-refractivity contribution in [2.75, 3.05) is 0 Å². The molecule has 0 heterocycles. The molecule has 0 bridgehead atoms. The van der Waals surface area contributed by atoms with E-state index in [1.165, 1.54) is 22.3 Å². The van der Waals surface area contributed by atoms with Crippen LogP contribution in [0.5, 0.6) is 0 Å². The molecule has 2 aromatic carbocycles. The first kappa shape index (κ1) is 14.8.